The monoisotopic (exact) mass is 231 g/mol. The minimum Gasteiger partial charge on any atom is -0.386 e. The number of nitrogens with two attached hydrogens (primary N) is 1. The fourth-order valence-electron chi connectivity index (χ4n) is 2.74. The standard InChI is InChI=1S/C14H21N3/c1-3-12(14(15)16)17-9-10(2)8-11-6-4-5-7-13(11)17/h4-7,10,12H,3,8-9H2,1-2H3,(H3,15,16). The lowest BCUT2D eigenvalue weighted by atomic mass is 9.92. The molecule has 0 saturated carbocycles. The number of anilines is 1. The van der Waals surface area contributed by atoms with Crippen molar-refractivity contribution in [1.29, 1.82) is 5.41 Å². The lowest BCUT2D eigenvalue weighted by molar-refractivity contribution is 0.510. The van der Waals surface area contributed by atoms with Crippen molar-refractivity contribution in [3.05, 3.63) is 29.8 Å². The van der Waals surface area contributed by atoms with Gasteiger partial charge in [-0.25, -0.2) is 0 Å². The van der Waals surface area contributed by atoms with Gasteiger partial charge in [-0.05, 0) is 30.4 Å². The van der Waals surface area contributed by atoms with Crippen LogP contribution in [0.25, 0.3) is 0 Å². The smallest absolute Gasteiger partial charge is 0.114 e. The van der Waals surface area contributed by atoms with E-state index >= 15 is 0 Å². The Morgan fingerprint density at radius 3 is 2.88 bits per heavy atom. The lowest BCUT2D eigenvalue weighted by Gasteiger charge is -2.39. The summed E-state index contributed by atoms with van der Waals surface area (Å²) in [7, 11) is 0. The Labute approximate surface area is 103 Å². The number of amidine groups is 1. The summed E-state index contributed by atoms with van der Waals surface area (Å²) in [5, 5.41) is 7.73. The normalized spacial score (nSPS) is 20.8. The Bertz CT molecular complexity index is 414. The van der Waals surface area contributed by atoms with E-state index in [0.717, 1.165) is 19.4 Å². The van der Waals surface area contributed by atoms with Crippen LogP contribution in [0.15, 0.2) is 24.3 Å². The summed E-state index contributed by atoms with van der Waals surface area (Å²) >= 11 is 0. The Kier molecular flexibility index (Phi) is 3.36. The third kappa shape index (κ3) is 2.28. The van der Waals surface area contributed by atoms with Gasteiger partial charge in [-0.15, -0.1) is 0 Å². The van der Waals surface area contributed by atoms with Crippen molar-refractivity contribution in [2.24, 2.45) is 11.7 Å². The molecule has 2 unspecified atom stereocenters. The van der Waals surface area contributed by atoms with Crippen LogP contribution < -0.4 is 10.6 Å². The molecule has 0 bridgehead atoms. The predicted molar refractivity (Wildman–Crippen MR) is 72.6 cm³/mol. The number of benzene rings is 1. The molecule has 1 heterocycles. The zero-order valence-corrected chi connectivity index (χ0v) is 10.6. The quantitative estimate of drug-likeness (QED) is 0.620. The molecule has 3 heteroatoms. The maximum absolute atomic E-state index is 7.73. The van der Waals surface area contributed by atoms with Gasteiger partial charge in [-0.2, -0.15) is 0 Å². The molecule has 17 heavy (non-hydrogen) atoms. The number of hydrogen-bond donors (Lipinski definition) is 2. The number of hydrogen-bond acceptors (Lipinski definition) is 2. The predicted octanol–water partition coefficient (Wildman–Crippen LogP) is 2.40. The van der Waals surface area contributed by atoms with Crippen molar-refractivity contribution >= 4 is 11.5 Å². The van der Waals surface area contributed by atoms with Crippen LogP contribution in [-0.2, 0) is 6.42 Å². The first-order valence-corrected chi connectivity index (χ1v) is 6.32. The molecule has 0 aliphatic carbocycles. The third-order valence-electron chi connectivity index (χ3n) is 3.50. The Balaban J connectivity index is 2.38. The van der Waals surface area contributed by atoms with E-state index in [-0.39, 0.29) is 11.9 Å². The number of para-hydroxylation sites is 1. The van der Waals surface area contributed by atoms with E-state index in [4.69, 9.17) is 11.1 Å². The summed E-state index contributed by atoms with van der Waals surface area (Å²) in [4.78, 5) is 2.30. The van der Waals surface area contributed by atoms with Gasteiger partial charge in [-0.3, -0.25) is 5.41 Å². The molecule has 1 aliphatic heterocycles. The van der Waals surface area contributed by atoms with Crippen molar-refractivity contribution < 1.29 is 0 Å². The van der Waals surface area contributed by atoms with Crippen LogP contribution in [-0.4, -0.2) is 18.4 Å². The number of fused-ring (bicyclic) bond motifs is 1. The van der Waals surface area contributed by atoms with Crippen molar-refractivity contribution in [3.63, 3.8) is 0 Å². The van der Waals surface area contributed by atoms with Crippen LogP contribution >= 0.6 is 0 Å². The molecular weight excluding hydrogens is 210 g/mol. The Hall–Kier alpha value is -1.51. The average molecular weight is 231 g/mol. The Morgan fingerprint density at radius 2 is 2.24 bits per heavy atom. The SMILES string of the molecule is CCC(C(=N)N)N1CC(C)Cc2ccccc21. The molecule has 0 spiro atoms. The molecule has 1 aliphatic rings. The minimum absolute atomic E-state index is 0.0406. The topological polar surface area (TPSA) is 53.1 Å². The fourth-order valence-corrected chi connectivity index (χ4v) is 2.74. The molecule has 3 N–H and O–H groups in total. The molecule has 0 amide bonds. The van der Waals surface area contributed by atoms with Gasteiger partial charge >= 0.3 is 0 Å². The van der Waals surface area contributed by atoms with E-state index in [1.54, 1.807) is 0 Å². The van der Waals surface area contributed by atoms with Crippen LogP contribution in [0.2, 0.25) is 0 Å². The molecule has 1 aromatic carbocycles. The summed E-state index contributed by atoms with van der Waals surface area (Å²) in [5.41, 5.74) is 8.36. The maximum Gasteiger partial charge on any atom is 0.114 e. The van der Waals surface area contributed by atoms with Gasteiger partial charge in [0.05, 0.1) is 6.04 Å². The first-order valence-electron chi connectivity index (χ1n) is 6.32. The number of nitrogens with one attached hydrogen (secondary N) is 1. The van der Waals surface area contributed by atoms with Crippen LogP contribution in [0.3, 0.4) is 0 Å². The molecule has 2 atom stereocenters. The van der Waals surface area contributed by atoms with Gasteiger partial charge < -0.3 is 10.6 Å². The number of rotatable bonds is 3. The molecule has 0 saturated heterocycles. The molecular formula is C14H21N3. The van der Waals surface area contributed by atoms with Crippen molar-refractivity contribution in [3.8, 4) is 0 Å². The van der Waals surface area contributed by atoms with Gasteiger partial charge in [0, 0.05) is 12.2 Å². The van der Waals surface area contributed by atoms with Crippen LogP contribution in [0.4, 0.5) is 5.69 Å². The highest BCUT2D eigenvalue weighted by Gasteiger charge is 2.27. The Morgan fingerprint density at radius 1 is 1.53 bits per heavy atom. The highest BCUT2D eigenvalue weighted by atomic mass is 15.2. The van der Waals surface area contributed by atoms with E-state index in [1.165, 1.54) is 11.3 Å². The van der Waals surface area contributed by atoms with E-state index in [2.05, 4.69) is 43.0 Å². The second-order valence-corrected chi connectivity index (χ2v) is 4.97. The summed E-state index contributed by atoms with van der Waals surface area (Å²) in [5.74, 6) is 0.898. The van der Waals surface area contributed by atoms with E-state index in [9.17, 15) is 0 Å². The minimum atomic E-state index is 0.0406. The molecule has 0 aromatic heterocycles. The van der Waals surface area contributed by atoms with Crippen molar-refractivity contribution in [1.82, 2.24) is 0 Å². The lowest BCUT2D eigenvalue weighted by Crippen LogP contribution is -2.48. The van der Waals surface area contributed by atoms with E-state index in [1.807, 2.05) is 0 Å². The van der Waals surface area contributed by atoms with Crippen LogP contribution in [0.5, 0.6) is 0 Å². The van der Waals surface area contributed by atoms with Gasteiger partial charge in [0.2, 0.25) is 0 Å². The largest absolute Gasteiger partial charge is 0.386 e. The third-order valence-corrected chi connectivity index (χ3v) is 3.50. The van der Waals surface area contributed by atoms with Crippen molar-refractivity contribution in [2.45, 2.75) is 32.7 Å². The van der Waals surface area contributed by atoms with Gasteiger partial charge in [-0.1, -0.05) is 32.0 Å². The molecule has 0 radical (unpaired) electrons. The molecule has 92 valence electrons. The van der Waals surface area contributed by atoms with Crippen LogP contribution in [0, 0.1) is 11.3 Å². The van der Waals surface area contributed by atoms with Crippen LogP contribution in [0.1, 0.15) is 25.8 Å². The van der Waals surface area contributed by atoms with Gasteiger partial charge in [0.15, 0.2) is 0 Å². The summed E-state index contributed by atoms with van der Waals surface area (Å²) in [6.07, 6.45) is 2.01. The van der Waals surface area contributed by atoms with Gasteiger partial charge in [0.25, 0.3) is 0 Å². The van der Waals surface area contributed by atoms with E-state index < -0.39 is 0 Å². The summed E-state index contributed by atoms with van der Waals surface area (Å²) in [6.45, 7) is 5.35. The molecule has 2 rings (SSSR count). The zero-order chi connectivity index (χ0) is 12.4. The second kappa shape index (κ2) is 4.78. The van der Waals surface area contributed by atoms with Crippen molar-refractivity contribution in [2.75, 3.05) is 11.4 Å². The summed E-state index contributed by atoms with van der Waals surface area (Å²) < 4.78 is 0. The molecule has 0 fully saturated rings. The maximum atomic E-state index is 7.73. The zero-order valence-electron chi connectivity index (χ0n) is 10.6. The van der Waals surface area contributed by atoms with Gasteiger partial charge in [0.1, 0.15) is 5.84 Å². The highest BCUT2D eigenvalue weighted by Crippen LogP contribution is 2.31. The molecule has 3 nitrogen and oxygen atoms in total. The first-order chi connectivity index (χ1) is 8.13. The van der Waals surface area contributed by atoms with E-state index in [0.29, 0.717) is 5.92 Å². The molecule has 1 aromatic rings. The highest BCUT2D eigenvalue weighted by molar-refractivity contribution is 5.86. The summed E-state index contributed by atoms with van der Waals surface area (Å²) in [6, 6.07) is 8.52. The first kappa shape index (κ1) is 12.0. The average Bonchev–Trinajstić information content (AvgIpc) is 2.29. The number of nitrogens with zero attached hydrogens (tertiary/aromatic N) is 1. The fraction of sp³-hybridized carbons (Fsp3) is 0.500. The second-order valence-electron chi connectivity index (χ2n) is 4.97.